The summed E-state index contributed by atoms with van der Waals surface area (Å²) in [4.78, 5) is 13.1. The summed E-state index contributed by atoms with van der Waals surface area (Å²) in [5.74, 6) is -0.361. The van der Waals surface area contributed by atoms with Crippen LogP contribution in [0.25, 0.3) is 0 Å². The first-order valence-corrected chi connectivity index (χ1v) is 16.0. The maximum atomic E-state index is 13.4. The van der Waals surface area contributed by atoms with Gasteiger partial charge in [-0.3, -0.25) is 9.48 Å². The summed E-state index contributed by atoms with van der Waals surface area (Å²) in [6.07, 6.45) is 4.14. The molecule has 0 aliphatic heterocycles. The van der Waals surface area contributed by atoms with E-state index in [0.717, 1.165) is 22.7 Å². The predicted molar refractivity (Wildman–Crippen MR) is 134 cm³/mol. The molecule has 34 heavy (non-hydrogen) atoms. The zero-order valence-corrected chi connectivity index (χ0v) is 22.8. The molecule has 1 aromatic carbocycles. The summed E-state index contributed by atoms with van der Waals surface area (Å²) in [5.41, 5.74) is 1.29. The second-order valence-corrected chi connectivity index (χ2v) is 17.4. The summed E-state index contributed by atoms with van der Waals surface area (Å²) in [6.45, 7) is 11.7. The topological polar surface area (TPSA) is 102 Å². The van der Waals surface area contributed by atoms with Gasteiger partial charge < -0.3 is 9.53 Å². The Morgan fingerprint density at radius 1 is 1.26 bits per heavy atom. The van der Waals surface area contributed by atoms with Gasteiger partial charge in [0.05, 0.1) is 42.0 Å². The number of aromatic nitrogens is 2. The lowest BCUT2D eigenvalue weighted by Crippen LogP contribution is -2.46. The van der Waals surface area contributed by atoms with Crippen LogP contribution in [0.2, 0.25) is 18.1 Å². The third-order valence-electron chi connectivity index (χ3n) is 6.68. The van der Waals surface area contributed by atoms with Crippen LogP contribution in [0.5, 0.6) is 0 Å². The van der Waals surface area contributed by atoms with Gasteiger partial charge in [0.15, 0.2) is 14.1 Å². The maximum Gasteiger partial charge on any atom is 0.243 e. The molecule has 0 spiro atoms. The fourth-order valence-electron chi connectivity index (χ4n) is 3.19. The zero-order valence-electron chi connectivity index (χ0n) is 21.0. The van der Waals surface area contributed by atoms with Gasteiger partial charge in [-0.2, -0.15) is 9.40 Å². The second kappa shape index (κ2) is 10.0. The fourth-order valence-corrected chi connectivity index (χ4v) is 5.66. The van der Waals surface area contributed by atoms with E-state index in [1.165, 1.54) is 18.3 Å². The summed E-state index contributed by atoms with van der Waals surface area (Å²) >= 11 is 0. The average molecular weight is 508 g/mol. The Bertz CT molecular complexity index is 1100. The molecule has 0 bridgehead atoms. The molecule has 0 radical (unpaired) electrons. The number of aliphatic hydroxyl groups excluding tert-OH is 1. The second-order valence-electron chi connectivity index (χ2n) is 10.7. The first-order valence-electron chi connectivity index (χ1n) is 11.7. The van der Waals surface area contributed by atoms with Crippen LogP contribution in [0.3, 0.4) is 0 Å². The van der Waals surface area contributed by atoms with Gasteiger partial charge in [-0.1, -0.05) is 38.5 Å². The average Bonchev–Trinajstić information content (AvgIpc) is 3.47. The van der Waals surface area contributed by atoms with Crippen molar-refractivity contribution in [3.63, 3.8) is 0 Å². The normalized spacial score (nSPS) is 16.1. The summed E-state index contributed by atoms with van der Waals surface area (Å²) in [6, 6.07) is 6.79. The quantitative estimate of drug-likeness (QED) is 0.367. The van der Waals surface area contributed by atoms with E-state index in [9.17, 15) is 18.3 Å². The lowest BCUT2D eigenvalue weighted by Gasteiger charge is -2.37. The van der Waals surface area contributed by atoms with Crippen molar-refractivity contribution in [3.8, 4) is 0 Å². The molecule has 3 rings (SSSR count). The number of benzene rings is 1. The van der Waals surface area contributed by atoms with Crippen molar-refractivity contribution in [1.82, 2.24) is 14.1 Å². The Labute approximate surface area is 204 Å². The lowest BCUT2D eigenvalue weighted by molar-refractivity contribution is 0.0774. The van der Waals surface area contributed by atoms with Crippen LogP contribution < -0.4 is 0 Å². The van der Waals surface area contributed by atoms with Gasteiger partial charge in [0.2, 0.25) is 10.0 Å². The number of rotatable bonds is 11. The van der Waals surface area contributed by atoms with E-state index in [4.69, 9.17) is 4.43 Å². The minimum Gasteiger partial charge on any atom is -0.414 e. The van der Waals surface area contributed by atoms with Gasteiger partial charge in [-0.05, 0) is 50.0 Å². The molecule has 1 N–H and O–H groups in total. The van der Waals surface area contributed by atoms with Crippen LogP contribution in [0, 0.1) is 6.92 Å². The monoisotopic (exact) mass is 507 g/mol. The molecule has 10 heteroatoms. The van der Waals surface area contributed by atoms with Crippen LogP contribution in [0.4, 0.5) is 0 Å². The molecule has 188 valence electrons. The molecule has 1 aromatic heterocycles. The van der Waals surface area contributed by atoms with Crippen LogP contribution in [-0.2, 0) is 14.4 Å². The molecule has 1 aliphatic rings. The van der Waals surface area contributed by atoms with E-state index in [1.807, 2.05) is 6.92 Å². The Balaban J connectivity index is 1.79. The number of ketones is 1. The number of aliphatic hydroxyl groups is 1. The molecule has 1 unspecified atom stereocenters. The first-order chi connectivity index (χ1) is 15.7. The Hall–Kier alpha value is -1.85. The molecule has 1 atom stereocenters. The number of hydrogen-bond acceptors (Lipinski definition) is 6. The summed E-state index contributed by atoms with van der Waals surface area (Å²) < 4.78 is 35.8. The Kier molecular flexibility index (Phi) is 7.88. The molecule has 8 nitrogen and oxygen atoms in total. The molecule has 1 saturated carbocycles. The number of hydrogen-bond donors (Lipinski definition) is 1. The van der Waals surface area contributed by atoms with Gasteiger partial charge in [0.1, 0.15) is 0 Å². The smallest absolute Gasteiger partial charge is 0.243 e. The Morgan fingerprint density at radius 3 is 2.44 bits per heavy atom. The SMILES string of the molecule is Cc1ccc(S(=O)(=O)N(CC(=O)c2cnn(C3CC3)c2)CC(O)CO[Si](C)(C)C(C)(C)C)cc1. The molecule has 0 saturated heterocycles. The number of sulfonamides is 1. The minimum absolute atomic E-state index is 0.00418. The summed E-state index contributed by atoms with van der Waals surface area (Å²) in [5, 5.41) is 14.9. The molecule has 1 fully saturated rings. The first kappa shape index (κ1) is 26.7. The molecular weight excluding hydrogens is 470 g/mol. The van der Waals surface area contributed by atoms with E-state index in [2.05, 4.69) is 39.0 Å². The fraction of sp³-hybridized carbons (Fsp3) is 0.583. The molecule has 2 aromatic rings. The van der Waals surface area contributed by atoms with Crippen LogP contribution in [-0.4, -0.2) is 67.5 Å². The largest absolute Gasteiger partial charge is 0.414 e. The van der Waals surface area contributed by atoms with Crippen molar-refractivity contribution in [2.24, 2.45) is 0 Å². The van der Waals surface area contributed by atoms with Crippen molar-refractivity contribution in [1.29, 1.82) is 0 Å². The zero-order chi connectivity index (χ0) is 25.3. The standard InChI is InChI=1S/C24H37N3O5SSi/c1-18-7-11-22(12-8-18)33(30,31)26(15-21(28)17-32-34(5,6)24(2,3)4)16-23(29)19-13-25-27(14-19)20-9-10-20/h7-8,11-14,20-21,28H,9-10,15-17H2,1-6H3. The number of carbonyl (C=O) groups excluding carboxylic acids is 1. The van der Waals surface area contributed by atoms with E-state index in [-0.39, 0.29) is 35.4 Å². The van der Waals surface area contributed by atoms with Crippen molar-refractivity contribution >= 4 is 24.1 Å². The minimum atomic E-state index is -4.01. The number of nitrogens with zero attached hydrogens (tertiary/aromatic N) is 3. The highest BCUT2D eigenvalue weighted by molar-refractivity contribution is 7.89. The van der Waals surface area contributed by atoms with Crippen LogP contribution in [0.15, 0.2) is 41.6 Å². The number of carbonyl (C=O) groups is 1. The lowest BCUT2D eigenvalue weighted by atomic mass is 10.2. The van der Waals surface area contributed by atoms with Crippen molar-refractivity contribution < 1.29 is 22.7 Å². The molecule has 1 heterocycles. The highest BCUT2D eigenvalue weighted by Gasteiger charge is 2.38. The van der Waals surface area contributed by atoms with Crippen LogP contribution in [0.1, 0.15) is 55.6 Å². The van der Waals surface area contributed by atoms with Gasteiger partial charge in [0, 0.05) is 12.7 Å². The van der Waals surface area contributed by atoms with E-state index < -0.39 is 24.4 Å². The van der Waals surface area contributed by atoms with E-state index in [0.29, 0.717) is 11.6 Å². The van der Waals surface area contributed by atoms with Crippen molar-refractivity contribution in [2.75, 3.05) is 19.7 Å². The van der Waals surface area contributed by atoms with E-state index in [1.54, 1.807) is 23.0 Å². The Morgan fingerprint density at radius 2 is 1.88 bits per heavy atom. The van der Waals surface area contributed by atoms with Gasteiger partial charge in [0.25, 0.3) is 0 Å². The predicted octanol–water partition coefficient (Wildman–Crippen LogP) is 3.78. The third kappa shape index (κ3) is 6.42. The highest BCUT2D eigenvalue weighted by Crippen LogP contribution is 2.36. The van der Waals surface area contributed by atoms with Crippen molar-refractivity contribution in [3.05, 3.63) is 47.8 Å². The maximum absolute atomic E-state index is 13.4. The number of Topliss-reactive ketones (excluding diaryl/α,β-unsaturated/α-hetero) is 1. The third-order valence-corrected chi connectivity index (χ3v) is 13.0. The van der Waals surface area contributed by atoms with Gasteiger partial charge in [-0.25, -0.2) is 8.42 Å². The molecule has 1 aliphatic carbocycles. The van der Waals surface area contributed by atoms with Crippen LogP contribution >= 0.6 is 0 Å². The molecular formula is C24H37N3O5SSi. The highest BCUT2D eigenvalue weighted by atomic mass is 32.2. The van der Waals surface area contributed by atoms with E-state index >= 15 is 0 Å². The summed E-state index contributed by atoms with van der Waals surface area (Å²) in [7, 11) is -6.14. The van der Waals surface area contributed by atoms with Gasteiger partial charge in [-0.15, -0.1) is 0 Å². The number of aryl methyl sites for hydroxylation is 1. The van der Waals surface area contributed by atoms with Gasteiger partial charge >= 0.3 is 0 Å². The molecule has 0 amide bonds. The van der Waals surface area contributed by atoms with Crippen molar-refractivity contribution in [2.45, 2.75) is 75.7 Å².